The van der Waals surface area contributed by atoms with E-state index in [-0.39, 0.29) is 10.4 Å². The Kier molecular flexibility index (Phi) is 3.36. The van der Waals surface area contributed by atoms with Crippen molar-refractivity contribution < 1.29 is 18.0 Å². The van der Waals surface area contributed by atoms with E-state index >= 15 is 0 Å². The third-order valence-electron chi connectivity index (χ3n) is 2.44. The van der Waals surface area contributed by atoms with E-state index in [1.54, 1.807) is 30.3 Å². The Morgan fingerprint density at radius 1 is 1.26 bits per heavy atom. The van der Waals surface area contributed by atoms with Gasteiger partial charge in [-0.25, -0.2) is 0 Å². The predicted octanol–water partition coefficient (Wildman–Crippen LogP) is 3.88. The maximum atomic E-state index is 12.9. The molecule has 2 aromatic rings. The van der Waals surface area contributed by atoms with Crippen molar-refractivity contribution in [2.45, 2.75) is 13.1 Å². The van der Waals surface area contributed by atoms with Crippen molar-refractivity contribution in [3.8, 4) is 11.3 Å². The molecular weight excluding hydrogens is 281 g/mol. The van der Waals surface area contributed by atoms with Gasteiger partial charge in [-0.05, 0) is 0 Å². The van der Waals surface area contributed by atoms with Gasteiger partial charge in [0.05, 0.1) is 5.02 Å². The Hall–Kier alpha value is -1.82. The standard InChI is InChI=1S/C12H8ClF3N2O/c1-7(19)18-11(12(14,15)16)9(13)10(17-18)8-5-3-2-4-6-8/h2-6H,1H3. The summed E-state index contributed by atoms with van der Waals surface area (Å²) in [7, 11) is 0. The number of halogens is 4. The zero-order chi connectivity index (χ0) is 14.2. The van der Waals surface area contributed by atoms with Crippen molar-refractivity contribution in [2.75, 3.05) is 0 Å². The van der Waals surface area contributed by atoms with E-state index < -0.39 is 22.8 Å². The zero-order valence-corrected chi connectivity index (χ0v) is 10.5. The predicted molar refractivity (Wildman–Crippen MR) is 64.0 cm³/mol. The van der Waals surface area contributed by atoms with Gasteiger partial charge < -0.3 is 0 Å². The summed E-state index contributed by atoms with van der Waals surface area (Å²) < 4.78 is 39.0. The van der Waals surface area contributed by atoms with Gasteiger partial charge >= 0.3 is 6.18 Å². The van der Waals surface area contributed by atoms with E-state index in [9.17, 15) is 18.0 Å². The number of hydrogen-bond donors (Lipinski definition) is 0. The number of carbonyl (C=O) groups is 1. The van der Waals surface area contributed by atoms with Crippen molar-refractivity contribution in [1.82, 2.24) is 9.78 Å². The molecule has 0 unspecified atom stereocenters. The molecule has 7 heteroatoms. The summed E-state index contributed by atoms with van der Waals surface area (Å²) in [6, 6.07) is 8.14. The van der Waals surface area contributed by atoms with Gasteiger partial charge in [-0.2, -0.15) is 23.0 Å². The molecule has 0 saturated heterocycles. The normalized spacial score (nSPS) is 11.6. The van der Waals surface area contributed by atoms with E-state index in [1.807, 2.05) is 0 Å². The number of alkyl halides is 3. The van der Waals surface area contributed by atoms with Crippen LogP contribution in [-0.4, -0.2) is 15.7 Å². The SMILES string of the molecule is CC(=O)n1nc(-c2ccccc2)c(Cl)c1C(F)(F)F. The summed E-state index contributed by atoms with van der Waals surface area (Å²) in [5, 5.41) is 3.09. The fraction of sp³-hybridized carbons (Fsp3) is 0.167. The second-order valence-corrected chi connectivity index (χ2v) is 4.18. The van der Waals surface area contributed by atoms with Crippen molar-refractivity contribution in [3.63, 3.8) is 0 Å². The first-order valence-corrected chi connectivity index (χ1v) is 5.62. The highest BCUT2D eigenvalue weighted by Gasteiger charge is 2.40. The molecule has 1 heterocycles. The molecule has 100 valence electrons. The Morgan fingerprint density at radius 2 is 1.84 bits per heavy atom. The lowest BCUT2D eigenvalue weighted by molar-refractivity contribution is -0.142. The first-order valence-electron chi connectivity index (χ1n) is 5.24. The molecule has 19 heavy (non-hydrogen) atoms. The summed E-state index contributed by atoms with van der Waals surface area (Å²) >= 11 is 5.74. The monoisotopic (exact) mass is 288 g/mol. The van der Waals surface area contributed by atoms with Crippen LogP contribution in [0.15, 0.2) is 30.3 Å². The van der Waals surface area contributed by atoms with Crippen molar-refractivity contribution >= 4 is 17.5 Å². The number of aromatic nitrogens is 2. The average molecular weight is 289 g/mol. The molecule has 1 aromatic carbocycles. The van der Waals surface area contributed by atoms with Crippen LogP contribution in [0.25, 0.3) is 11.3 Å². The second kappa shape index (κ2) is 4.70. The quantitative estimate of drug-likeness (QED) is 0.798. The summed E-state index contributed by atoms with van der Waals surface area (Å²) in [6.45, 7) is 0.993. The van der Waals surface area contributed by atoms with Gasteiger partial charge in [0, 0.05) is 12.5 Å². The first-order chi connectivity index (χ1) is 8.82. The number of rotatable bonds is 1. The molecule has 0 radical (unpaired) electrons. The molecule has 0 amide bonds. The van der Waals surface area contributed by atoms with Crippen LogP contribution in [0.5, 0.6) is 0 Å². The van der Waals surface area contributed by atoms with Crippen molar-refractivity contribution in [3.05, 3.63) is 41.0 Å². The van der Waals surface area contributed by atoms with Crippen LogP contribution >= 0.6 is 11.6 Å². The molecule has 1 aromatic heterocycles. The minimum atomic E-state index is -4.75. The van der Waals surface area contributed by atoms with Crippen LogP contribution in [0.1, 0.15) is 17.4 Å². The summed E-state index contributed by atoms with van der Waals surface area (Å²) in [4.78, 5) is 11.3. The van der Waals surface area contributed by atoms with E-state index in [4.69, 9.17) is 11.6 Å². The summed E-state index contributed by atoms with van der Waals surface area (Å²) in [5.41, 5.74) is -0.900. The topological polar surface area (TPSA) is 34.9 Å². The highest BCUT2D eigenvalue weighted by Crippen LogP contribution is 2.39. The van der Waals surface area contributed by atoms with Gasteiger partial charge in [0.25, 0.3) is 0 Å². The van der Waals surface area contributed by atoms with Crippen LogP contribution in [0.4, 0.5) is 13.2 Å². The molecule has 0 N–H and O–H groups in total. The molecule has 0 atom stereocenters. The van der Waals surface area contributed by atoms with Gasteiger partial charge in [0.2, 0.25) is 5.91 Å². The van der Waals surface area contributed by atoms with E-state index in [0.29, 0.717) is 5.56 Å². The second-order valence-electron chi connectivity index (χ2n) is 3.81. The lowest BCUT2D eigenvalue weighted by atomic mass is 10.1. The third-order valence-corrected chi connectivity index (χ3v) is 2.80. The fourth-order valence-electron chi connectivity index (χ4n) is 1.65. The van der Waals surface area contributed by atoms with Gasteiger partial charge in [-0.15, -0.1) is 0 Å². The number of carbonyl (C=O) groups excluding carboxylic acids is 1. The van der Waals surface area contributed by atoms with E-state index in [1.165, 1.54) is 0 Å². The Morgan fingerprint density at radius 3 is 2.26 bits per heavy atom. The Bertz CT molecular complexity index is 620. The van der Waals surface area contributed by atoms with Crippen molar-refractivity contribution in [1.29, 1.82) is 0 Å². The Balaban J connectivity index is 2.70. The largest absolute Gasteiger partial charge is 0.435 e. The van der Waals surface area contributed by atoms with Crippen LogP contribution in [-0.2, 0) is 6.18 Å². The molecule has 0 fully saturated rings. The zero-order valence-electron chi connectivity index (χ0n) is 9.70. The molecular formula is C12H8ClF3N2O. The minimum absolute atomic E-state index is 0.0650. The maximum Gasteiger partial charge on any atom is 0.435 e. The van der Waals surface area contributed by atoms with Gasteiger partial charge in [0.1, 0.15) is 5.69 Å². The molecule has 0 aliphatic heterocycles. The molecule has 3 nitrogen and oxygen atoms in total. The molecule has 0 bridgehead atoms. The fourth-order valence-corrected chi connectivity index (χ4v) is 1.99. The van der Waals surface area contributed by atoms with Crippen molar-refractivity contribution in [2.24, 2.45) is 0 Å². The van der Waals surface area contributed by atoms with Crippen LogP contribution in [0.2, 0.25) is 5.02 Å². The smallest absolute Gasteiger partial charge is 0.273 e. The lowest BCUT2D eigenvalue weighted by Gasteiger charge is -2.07. The van der Waals surface area contributed by atoms with Gasteiger partial charge in [0.15, 0.2) is 5.69 Å². The highest BCUT2D eigenvalue weighted by molar-refractivity contribution is 6.34. The number of nitrogens with zero attached hydrogens (tertiary/aromatic N) is 2. The summed E-state index contributed by atoms with van der Waals surface area (Å²) in [5.74, 6) is -0.851. The molecule has 0 aliphatic rings. The van der Waals surface area contributed by atoms with E-state index in [2.05, 4.69) is 5.10 Å². The van der Waals surface area contributed by atoms with E-state index in [0.717, 1.165) is 6.92 Å². The average Bonchev–Trinajstić information content (AvgIpc) is 2.68. The van der Waals surface area contributed by atoms with Crippen LogP contribution in [0.3, 0.4) is 0 Å². The van der Waals surface area contributed by atoms with Gasteiger partial charge in [-0.1, -0.05) is 41.9 Å². The molecule has 0 spiro atoms. The lowest BCUT2D eigenvalue weighted by Crippen LogP contribution is -2.19. The van der Waals surface area contributed by atoms with Crippen LogP contribution in [0, 0.1) is 0 Å². The Labute approximate surface area is 111 Å². The molecule has 0 saturated carbocycles. The highest BCUT2D eigenvalue weighted by atomic mass is 35.5. The van der Waals surface area contributed by atoms with Gasteiger partial charge in [-0.3, -0.25) is 4.79 Å². The summed E-state index contributed by atoms with van der Waals surface area (Å²) in [6.07, 6.45) is -4.75. The minimum Gasteiger partial charge on any atom is -0.273 e. The van der Waals surface area contributed by atoms with Crippen LogP contribution < -0.4 is 0 Å². The number of hydrogen-bond acceptors (Lipinski definition) is 2. The maximum absolute atomic E-state index is 12.9. The molecule has 2 rings (SSSR count). The number of benzene rings is 1. The third kappa shape index (κ3) is 2.49. The first kappa shape index (κ1) is 13.6. The molecule has 0 aliphatic carbocycles.